The molecule has 0 saturated carbocycles. The summed E-state index contributed by atoms with van der Waals surface area (Å²) in [4.78, 5) is 45.3. The minimum Gasteiger partial charge on any atom is -0.484 e. The van der Waals surface area contributed by atoms with Crippen LogP contribution in [0.15, 0.2) is 53.3 Å². The molecule has 7 nitrogen and oxygen atoms in total. The minimum absolute atomic E-state index is 0.0723. The van der Waals surface area contributed by atoms with Crippen LogP contribution >= 0.6 is 0 Å². The standard InChI is InChI=1S/C22H23N3O4/c1-14(2)25(12-20-23-19-10-5-4-9-18(19)22(28)24-20)21(27)13-29-17-8-6-7-16(11-17)15(3)26/h4-11,14H,12-13H2,1-3H3,(H,23,24,28). The lowest BCUT2D eigenvalue weighted by molar-refractivity contribution is -0.135. The predicted octanol–water partition coefficient (Wildman–Crippen LogP) is 2.94. The molecule has 150 valence electrons. The third-order valence-electron chi connectivity index (χ3n) is 4.53. The van der Waals surface area contributed by atoms with Gasteiger partial charge in [0, 0.05) is 11.6 Å². The van der Waals surface area contributed by atoms with Crippen molar-refractivity contribution in [2.45, 2.75) is 33.4 Å². The molecule has 7 heteroatoms. The van der Waals surface area contributed by atoms with Gasteiger partial charge in [0.15, 0.2) is 12.4 Å². The molecular formula is C22H23N3O4. The fourth-order valence-corrected chi connectivity index (χ4v) is 2.96. The predicted molar refractivity (Wildman–Crippen MR) is 110 cm³/mol. The van der Waals surface area contributed by atoms with Crippen molar-refractivity contribution in [2.24, 2.45) is 0 Å². The maximum Gasteiger partial charge on any atom is 0.261 e. The number of ether oxygens (including phenoxy) is 1. The highest BCUT2D eigenvalue weighted by atomic mass is 16.5. The van der Waals surface area contributed by atoms with Crippen molar-refractivity contribution in [1.82, 2.24) is 14.9 Å². The van der Waals surface area contributed by atoms with Gasteiger partial charge in [0.2, 0.25) is 0 Å². The van der Waals surface area contributed by atoms with Gasteiger partial charge in [0.1, 0.15) is 11.6 Å². The Kier molecular flexibility index (Phi) is 6.07. The Morgan fingerprint density at radius 1 is 1.14 bits per heavy atom. The van der Waals surface area contributed by atoms with Crippen molar-refractivity contribution in [1.29, 1.82) is 0 Å². The lowest BCUT2D eigenvalue weighted by Crippen LogP contribution is -2.40. The number of amides is 1. The van der Waals surface area contributed by atoms with Crippen LogP contribution in [0.5, 0.6) is 5.75 Å². The largest absolute Gasteiger partial charge is 0.484 e. The molecule has 0 aliphatic carbocycles. The molecular weight excluding hydrogens is 370 g/mol. The summed E-state index contributed by atoms with van der Waals surface area (Å²) in [5, 5.41) is 0.507. The van der Waals surface area contributed by atoms with E-state index in [2.05, 4.69) is 9.97 Å². The number of nitrogens with one attached hydrogen (secondary N) is 1. The topological polar surface area (TPSA) is 92.4 Å². The molecule has 3 aromatic rings. The first-order chi connectivity index (χ1) is 13.8. The van der Waals surface area contributed by atoms with Gasteiger partial charge < -0.3 is 14.6 Å². The molecule has 0 radical (unpaired) electrons. The average Bonchev–Trinajstić information content (AvgIpc) is 2.70. The summed E-state index contributed by atoms with van der Waals surface area (Å²) < 4.78 is 5.59. The Hall–Kier alpha value is -3.48. The van der Waals surface area contributed by atoms with Crippen LogP contribution in [0.2, 0.25) is 0 Å². The number of Topliss-reactive ketones (excluding diaryl/α,β-unsaturated/α-hetero) is 1. The van der Waals surface area contributed by atoms with Gasteiger partial charge in [-0.3, -0.25) is 14.4 Å². The smallest absolute Gasteiger partial charge is 0.261 e. The molecule has 0 unspecified atom stereocenters. The van der Waals surface area contributed by atoms with Crippen LogP contribution < -0.4 is 10.3 Å². The van der Waals surface area contributed by atoms with E-state index in [4.69, 9.17) is 4.74 Å². The number of hydrogen-bond acceptors (Lipinski definition) is 5. The van der Waals surface area contributed by atoms with E-state index in [9.17, 15) is 14.4 Å². The molecule has 0 fully saturated rings. The van der Waals surface area contributed by atoms with Gasteiger partial charge >= 0.3 is 0 Å². The lowest BCUT2D eigenvalue weighted by atomic mass is 10.1. The molecule has 2 aromatic carbocycles. The maximum absolute atomic E-state index is 12.7. The zero-order chi connectivity index (χ0) is 21.0. The number of H-pyrrole nitrogens is 1. The number of aromatic nitrogens is 2. The molecule has 1 heterocycles. The normalized spacial score (nSPS) is 10.9. The highest BCUT2D eigenvalue weighted by molar-refractivity contribution is 5.94. The SMILES string of the molecule is CC(=O)c1cccc(OCC(=O)N(Cc2nc3ccccc3c(=O)[nH]2)C(C)C)c1. The van der Waals surface area contributed by atoms with Gasteiger partial charge in [0.05, 0.1) is 17.4 Å². The first-order valence-corrected chi connectivity index (χ1v) is 9.36. The molecule has 0 bridgehead atoms. The quantitative estimate of drug-likeness (QED) is 0.623. The van der Waals surface area contributed by atoms with Crippen LogP contribution in [0.4, 0.5) is 0 Å². The molecule has 1 N–H and O–H groups in total. The van der Waals surface area contributed by atoms with Crippen LogP contribution in [0.3, 0.4) is 0 Å². The van der Waals surface area contributed by atoms with Crippen molar-refractivity contribution in [2.75, 3.05) is 6.61 Å². The summed E-state index contributed by atoms with van der Waals surface area (Å²) in [5.74, 6) is 0.544. The van der Waals surface area contributed by atoms with Crippen LogP contribution in [0.25, 0.3) is 10.9 Å². The van der Waals surface area contributed by atoms with Crippen LogP contribution in [-0.4, -0.2) is 39.2 Å². The van der Waals surface area contributed by atoms with Crippen LogP contribution in [0.1, 0.15) is 37.0 Å². The Morgan fingerprint density at radius 2 is 1.90 bits per heavy atom. The number of carbonyl (C=O) groups is 2. The van der Waals surface area contributed by atoms with Crippen LogP contribution in [0, 0.1) is 0 Å². The zero-order valence-corrected chi connectivity index (χ0v) is 16.6. The Labute approximate surface area is 168 Å². The number of benzene rings is 2. The Morgan fingerprint density at radius 3 is 2.62 bits per heavy atom. The molecule has 0 saturated heterocycles. The fourth-order valence-electron chi connectivity index (χ4n) is 2.96. The number of aromatic amines is 1. The van der Waals surface area contributed by atoms with Gasteiger partial charge in [-0.2, -0.15) is 0 Å². The minimum atomic E-state index is -0.246. The summed E-state index contributed by atoms with van der Waals surface area (Å²) in [6.07, 6.45) is 0. The Balaban J connectivity index is 1.74. The second-order valence-corrected chi connectivity index (χ2v) is 7.02. The lowest BCUT2D eigenvalue weighted by Gasteiger charge is -2.26. The van der Waals surface area contributed by atoms with E-state index in [1.807, 2.05) is 19.9 Å². The molecule has 1 aromatic heterocycles. The first kappa shape index (κ1) is 20.3. The number of para-hydroxylation sites is 1. The third-order valence-corrected chi connectivity index (χ3v) is 4.53. The third kappa shape index (κ3) is 4.87. The van der Waals surface area contributed by atoms with E-state index in [1.54, 1.807) is 47.4 Å². The van der Waals surface area contributed by atoms with E-state index < -0.39 is 0 Å². The highest BCUT2D eigenvalue weighted by Crippen LogP contribution is 2.15. The van der Waals surface area contributed by atoms with E-state index in [-0.39, 0.29) is 36.4 Å². The number of hydrogen-bond donors (Lipinski definition) is 1. The van der Waals surface area contributed by atoms with Gasteiger partial charge in [0.25, 0.3) is 11.5 Å². The Bertz CT molecular complexity index is 1100. The van der Waals surface area contributed by atoms with Crippen LogP contribution in [-0.2, 0) is 11.3 Å². The number of nitrogens with zero attached hydrogens (tertiary/aromatic N) is 2. The summed E-state index contributed by atoms with van der Waals surface area (Å²) in [6.45, 7) is 5.22. The maximum atomic E-state index is 12.7. The second kappa shape index (κ2) is 8.68. The molecule has 3 rings (SSSR count). The van der Waals surface area contributed by atoms with E-state index in [0.717, 1.165) is 0 Å². The number of carbonyl (C=O) groups excluding carboxylic acids is 2. The van der Waals surface area contributed by atoms with Gasteiger partial charge in [-0.05, 0) is 45.0 Å². The van der Waals surface area contributed by atoms with Gasteiger partial charge in [-0.1, -0.05) is 24.3 Å². The summed E-state index contributed by atoms with van der Waals surface area (Å²) >= 11 is 0. The summed E-state index contributed by atoms with van der Waals surface area (Å²) in [5.41, 5.74) is 0.868. The summed E-state index contributed by atoms with van der Waals surface area (Å²) in [7, 11) is 0. The molecule has 0 aliphatic heterocycles. The molecule has 29 heavy (non-hydrogen) atoms. The first-order valence-electron chi connectivity index (χ1n) is 9.36. The molecule has 1 amide bonds. The van der Waals surface area contributed by atoms with Gasteiger partial charge in [-0.15, -0.1) is 0 Å². The van der Waals surface area contributed by atoms with E-state index in [0.29, 0.717) is 28.0 Å². The summed E-state index contributed by atoms with van der Waals surface area (Å²) in [6, 6.07) is 13.7. The van der Waals surface area contributed by atoms with Crippen molar-refractivity contribution in [3.63, 3.8) is 0 Å². The molecule has 0 aliphatic rings. The molecule has 0 spiro atoms. The number of rotatable bonds is 7. The second-order valence-electron chi connectivity index (χ2n) is 7.02. The van der Waals surface area contributed by atoms with Crippen molar-refractivity contribution >= 4 is 22.6 Å². The van der Waals surface area contributed by atoms with Crippen molar-refractivity contribution in [3.8, 4) is 5.75 Å². The monoisotopic (exact) mass is 393 g/mol. The average molecular weight is 393 g/mol. The van der Waals surface area contributed by atoms with E-state index in [1.165, 1.54) is 6.92 Å². The molecule has 0 atom stereocenters. The van der Waals surface area contributed by atoms with Gasteiger partial charge in [-0.25, -0.2) is 4.98 Å². The fraction of sp³-hybridized carbons (Fsp3) is 0.273. The van der Waals surface area contributed by atoms with Crippen molar-refractivity contribution in [3.05, 3.63) is 70.3 Å². The number of ketones is 1. The zero-order valence-electron chi connectivity index (χ0n) is 16.6. The van der Waals surface area contributed by atoms with Crippen molar-refractivity contribution < 1.29 is 14.3 Å². The number of fused-ring (bicyclic) bond motifs is 1. The highest BCUT2D eigenvalue weighted by Gasteiger charge is 2.19. The van der Waals surface area contributed by atoms with E-state index >= 15 is 0 Å².